The Morgan fingerprint density at radius 2 is 2.10 bits per heavy atom. The quantitative estimate of drug-likeness (QED) is 0.756. The third-order valence-corrected chi connectivity index (χ3v) is 3.95. The van der Waals surface area contributed by atoms with Crippen molar-refractivity contribution in [3.63, 3.8) is 0 Å². The third-order valence-electron chi connectivity index (χ3n) is 3.67. The molecule has 2 aromatic rings. The van der Waals surface area contributed by atoms with Crippen LogP contribution in [0.25, 0.3) is 10.9 Å². The monoisotopic (exact) mass is 293 g/mol. The molecule has 0 aromatic carbocycles. The van der Waals surface area contributed by atoms with Crippen LogP contribution in [-0.2, 0) is 11.8 Å². The number of ether oxygens (including phenoxy) is 1. The van der Waals surface area contributed by atoms with Crippen LogP contribution in [0.2, 0.25) is 5.15 Å². The van der Waals surface area contributed by atoms with Crippen LogP contribution in [0.3, 0.4) is 0 Å². The summed E-state index contributed by atoms with van der Waals surface area (Å²) in [5, 5.41) is 1.32. The number of hydrogen-bond acceptors (Lipinski definition) is 3. The molecule has 1 amide bonds. The molecule has 5 nitrogen and oxygen atoms in total. The SMILES string of the molecule is Cc1cn(C)c2c(Cl)ncc(C(=O)N3CCOCC3)c12. The van der Waals surface area contributed by atoms with Gasteiger partial charge in [-0.3, -0.25) is 4.79 Å². The number of nitrogens with zero attached hydrogens (tertiary/aromatic N) is 3. The van der Waals surface area contributed by atoms with Crippen LogP contribution in [0.5, 0.6) is 0 Å². The van der Waals surface area contributed by atoms with Crippen molar-refractivity contribution in [2.45, 2.75) is 6.92 Å². The van der Waals surface area contributed by atoms with Crippen LogP contribution in [0.15, 0.2) is 12.4 Å². The maximum Gasteiger partial charge on any atom is 0.256 e. The van der Waals surface area contributed by atoms with E-state index in [9.17, 15) is 4.79 Å². The minimum atomic E-state index is -0.00299. The van der Waals surface area contributed by atoms with Gasteiger partial charge in [0.05, 0.1) is 24.3 Å². The van der Waals surface area contributed by atoms with Crippen molar-refractivity contribution < 1.29 is 9.53 Å². The minimum absolute atomic E-state index is 0.00299. The number of amides is 1. The Morgan fingerprint density at radius 3 is 2.80 bits per heavy atom. The summed E-state index contributed by atoms with van der Waals surface area (Å²) >= 11 is 6.16. The fourth-order valence-corrected chi connectivity index (χ4v) is 2.99. The lowest BCUT2D eigenvalue weighted by Crippen LogP contribution is -2.40. The van der Waals surface area contributed by atoms with Gasteiger partial charge < -0.3 is 14.2 Å². The smallest absolute Gasteiger partial charge is 0.256 e. The third kappa shape index (κ3) is 2.07. The molecule has 0 radical (unpaired) electrons. The number of aryl methyl sites for hydroxylation is 2. The Balaban J connectivity index is 2.12. The number of carbonyl (C=O) groups is 1. The number of halogens is 1. The van der Waals surface area contributed by atoms with Crippen LogP contribution in [-0.4, -0.2) is 46.7 Å². The van der Waals surface area contributed by atoms with Gasteiger partial charge in [-0.25, -0.2) is 4.98 Å². The van der Waals surface area contributed by atoms with E-state index in [2.05, 4.69) is 4.98 Å². The van der Waals surface area contributed by atoms with Gasteiger partial charge in [-0.2, -0.15) is 0 Å². The molecule has 0 atom stereocenters. The summed E-state index contributed by atoms with van der Waals surface area (Å²) in [4.78, 5) is 18.6. The average Bonchev–Trinajstić information content (AvgIpc) is 2.76. The molecule has 0 saturated carbocycles. The van der Waals surface area contributed by atoms with Gasteiger partial charge in [0, 0.05) is 37.9 Å². The van der Waals surface area contributed by atoms with Gasteiger partial charge in [0.1, 0.15) is 0 Å². The number of pyridine rings is 1. The van der Waals surface area contributed by atoms with E-state index in [1.807, 2.05) is 24.7 Å². The van der Waals surface area contributed by atoms with Crippen molar-refractivity contribution in [2.24, 2.45) is 7.05 Å². The molecule has 1 fully saturated rings. The summed E-state index contributed by atoms with van der Waals surface area (Å²) in [5.74, 6) is -0.00299. The molecule has 1 saturated heterocycles. The van der Waals surface area contributed by atoms with Crippen molar-refractivity contribution in [1.82, 2.24) is 14.5 Å². The standard InChI is InChI=1S/C14H16ClN3O2/c1-9-8-17(2)12-11(9)10(7-16-13(12)15)14(19)18-3-5-20-6-4-18/h7-8H,3-6H2,1-2H3. The summed E-state index contributed by atoms with van der Waals surface area (Å²) in [6, 6.07) is 0. The number of aromatic nitrogens is 2. The summed E-state index contributed by atoms with van der Waals surface area (Å²) < 4.78 is 7.20. The first kappa shape index (κ1) is 13.4. The largest absolute Gasteiger partial charge is 0.378 e. The summed E-state index contributed by atoms with van der Waals surface area (Å²) in [6.07, 6.45) is 3.55. The zero-order valence-electron chi connectivity index (χ0n) is 11.5. The van der Waals surface area contributed by atoms with Crippen LogP contribution in [0.4, 0.5) is 0 Å². The zero-order valence-corrected chi connectivity index (χ0v) is 12.3. The Hall–Kier alpha value is -1.59. The highest BCUT2D eigenvalue weighted by Crippen LogP contribution is 2.29. The molecule has 6 heteroatoms. The van der Waals surface area contributed by atoms with Gasteiger partial charge >= 0.3 is 0 Å². The number of rotatable bonds is 1. The molecular formula is C14H16ClN3O2. The van der Waals surface area contributed by atoms with E-state index < -0.39 is 0 Å². The van der Waals surface area contributed by atoms with Crippen molar-refractivity contribution in [3.05, 3.63) is 28.7 Å². The molecule has 0 spiro atoms. The maximum absolute atomic E-state index is 12.7. The summed E-state index contributed by atoms with van der Waals surface area (Å²) in [6.45, 7) is 4.39. The van der Waals surface area contributed by atoms with Gasteiger partial charge in [0.15, 0.2) is 5.15 Å². The van der Waals surface area contributed by atoms with Gasteiger partial charge in [-0.1, -0.05) is 11.6 Å². The van der Waals surface area contributed by atoms with Crippen molar-refractivity contribution in [3.8, 4) is 0 Å². The Labute approximate surface area is 122 Å². The van der Waals surface area contributed by atoms with E-state index in [0.29, 0.717) is 37.0 Å². The molecule has 3 heterocycles. The fraction of sp³-hybridized carbons (Fsp3) is 0.429. The highest BCUT2D eigenvalue weighted by atomic mass is 35.5. The van der Waals surface area contributed by atoms with E-state index in [-0.39, 0.29) is 5.91 Å². The number of morpholine rings is 1. The molecule has 20 heavy (non-hydrogen) atoms. The Morgan fingerprint density at radius 1 is 1.40 bits per heavy atom. The molecular weight excluding hydrogens is 278 g/mol. The van der Waals surface area contributed by atoms with Gasteiger partial charge in [0.2, 0.25) is 0 Å². The van der Waals surface area contributed by atoms with E-state index >= 15 is 0 Å². The zero-order chi connectivity index (χ0) is 14.3. The Kier molecular flexibility index (Phi) is 3.40. The topological polar surface area (TPSA) is 47.4 Å². The number of fused-ring (bicyclic) bond motifs is 1. The Bertz CT molecular complexity index is 675. The van der Waals surface area contributed by atoms with Crippen molar-refractivity contribution in [2.75, 3.05) is 26.3 Å². The van der Waals surface area contributed by atoms with Gasteiger partial charge in [-0.15, -0.1) is 0 Å². The molecule has 1 aliphatic rings. The van der Waals surface area contributed by atoms with E-state index in [1.165, 1.54) is 0 Å². The van der Waals surface area contributed by atoms with Crippen LogP contribution >= 0.6 is 11.6 Å². The first-order valence-electron chi connectivity index (χ1n) is 6.56. The number of hydrogen-bond donors (Lipinski definition) is 0. The minimum Gasteiger partial charge on any atom is -0.378 e. The lowest BCUT2D eigenvalue weighted by Gasteiger charge is -2.27. The second kappa shape index (κ2) is 5.07. The van der Waals surface area contributed by atoms with Gasteiger partial charge in [-0.05, 0) is 12.5 Å². The second-order valence-electron chi connectivity index (χ2n) is 5.01. The van der Waals surface area contributed by atoms with E-state index in [1.54, 1.807) is 11.1 Å². The molecule has 0 bridgehead atoms. The normalized spacial score (nSPS) is 15.8. The molecule has 0 N–H and O–H groups in total. The molecule has 0 aliphatic carbocycles. The summed E-state index contributed by atoms with van der Waals surface area (Å²) in [5.41, 5.74) is 2.45. The maximum atomic E-state index is 12.7. The molecule has 106 valence electrons. The highest BCUT2D eigenvalue weighted by Gasteiger charge is 2.23. The molecule has 1 aliphatic heterocycles. The second-order valence-corrected chi connectivity index (χ2v) is 5.37. The summed E-state index contributed by atoms with van der Waals surface area (Å²) in [7, 11) is 1.91. The predicted octanol–water partition coefficient (Wildman–Crippen LogP) is 2.01. The van der Waals surface area contributed by atoms with Gasteiger partial charge in [0.25, 0.3) is 5.91 Å². The van der Waals surface area contributed by atoms with Crippen LogP contribution in [0, 0.1) is 6.92 Å². The lowest BCUT2D eigenvalue weighted by molar-refractivity contribution is 0.0304. The average molecular weight is 294 g/mol. The van der Waals surface area contributed by atoms with Crippen LogP contribution in [0.1, 0.15) is 15.9 Å². The predicted molar refractivity (Wildman–Crippen MR) is 77.2 cm³/mol. The van der Waals surface area contributed by atoms with Crippen LogP contribution < -0.4 is 0 Å². The fourth-order valence-electron chi connectivity index (χ4n) is 2.72. The van der Waals surface area contributed by atoms with Crippen molar-refractivity contribution >= 4 is 28.4 Å². The number of carbonyl (C=O) groups excluding carboxylic acids is 1. The van der Waals surface area contributed by atoms with Crippen molar-refractivity contribution in [1.29, 1.82) is 0 Å². The first-order valence-corrected chi connectivity index (χ1v) is 6.94. The molecule has 0 unspecified atom stereocenters. The van der Waals surface area contributed by atoms with E-state index in [0.717, 1.165) is 16.5 Å². The lowest BCUT2D eigenvalue weighted by atomic mass is 10.1. The molecule has 3 rings (SSSR count). The van der Waals surface area contributed by atoms with E-state index in [4.69, 9.17) is 16.3 Å². The highest BCUT2D eigenvalue weighted by molar-refractivity contribution is 6.34. The molecule has 2 aromatic heterocycles. The first-order chi connectivity index (χ1) is 9.59.